The highest BCUT2D eigenvalue weighted by molar-refractivity contribution is 5.80. The number of hydrogen-bond donors (Lipinski definition) is 1. The van der Waals surface area contributed by atoms with Crippen molar-refractivity contribution in [3.63, 3.8) is 0 Å². The molecule has 4 nitrogen and oxygen atoms in total. The largest absolute Gasteiger partial charge is 0.396 e. The monoisotopic (exact) mass is 185 g/mol. The van der Waals surface area contributed by atoms with Crippen LogP contribution < -0.4 is 0 Å². The second-order valence-corrected chi connectivity index (χ2v) is 3.86. The number of carbonyl (C=O) groups excluding carboxylic acids is 1. The van der Waals surface area contributed by atoms with Crippen LogP contribution in [0.2, 0.25) is 0 Å². The van der Waals surface area contributed by atoms with E-state index in [0.717, 1.165) is 19.5 Å². The van der Waals surface area contributed by atoms with Crippen molar-refractivity contribution < 1.29 is 14.6 Å². The molecular formula is C9H15NO3. The Hall–Kier alpha value is -0.610. The molecule has 2 rings (SSSR count). The average molecular weight is 185 g/mol. The van der Waals surface area contributed by atoms with Gasteiger partial charge in [-0.2, -0.15) is 0 Å². The van der Waals surface area contributed by atoms with Crippen LogP contribution in [0.25, 0.3) is 0 Å². The fraction of sp³-hybridized carbons (Fsp3) is 0.889. The fourth-order valence-electron chi connectivity index (χ4n) is 1.82. The lowest BCUT2D eigenvalue weighted by molar-refractivity contribution is -0.148. The summed E-state index contributed by atoms with van der Waals surface area (Å²) in [7, 11) is 0. The molecule has 0 aromatic heterocycles. The highest BCUT2D eigenvalue weighted by Crippen LogP contribution is 2.20. The van der Waals surface area contributed by atoms with Crippen molar-refractivity contribution >= 4 is 5.91 Å². The van der Waals surface area contributed by atoms with Gasteiger partial charge in [0.15, 0.2) is 0 Å². The average Bonchev–Trinajstić information content (AvgIpc) is 2.48. The van der Waals surface area contributed by atoms with Gasteiger partial charge in [0.1, 0.15) is 0 Å². The molecule has 0 radical (unpaired) electrons. The summed E-state index contributed by atoms with van der Waals surface area (Å²) in [4.78, 5) is 13.5. The molecule has 1 N–H and O–H groups in total. The molecule has 2 aliphatic heterocycles. The lowest BCUT2D eigenvalue weighted by Gasteiger charge is -2.29. The molecule has 0 bridgehead atoms. The SMILES string of the molecule is O=C(C1COC1)N1CCC(CO)C1. The van der Waals surface area contributed by atoms with Crippen molar-refractivity contribution in [2.75, 3.05) is 32.9 Å². The van der Waals surface area contributed by atoms with Crippen LogP contribution in [-0.4, -0.2) is 48.8 Å². The van der Waals surface area contributed by atoms with Gasteiger partial charge in [0.05, 0.1) is 19.1 Å². The van der Waals surface area contributed by atoms with Crippen molar-refractivity contribution in [1.29, 1.82) is 0 Å². The topological polar surface area (TPSA) is 49.8 Å². The summed E-state index contributed by atoms with van der Waals surface area (Å²) >= 11 is 0. The second-order valence-electron chi connectivity index (χ2n) is 3.86. The first kappa shape index (κ1) is 8.97. The smallest absolute Gasteiger partial charge is 0.230 e. The predicted octanol–water partition coefficient (Wildman–Crippen LogP) is -0.526. The number of carbonyl (C=O) groups is 1. The van der Waals surface area contributed by atoms with Crippen LogP contribution in [0.3, 0.4) is 0 Å². The molecule has 4 heteroatoms. The van der Waals surface area contributed by atoms with E-state index in [9.17, 15) is 4.79 Å². The maximum atomic E-state index is 11.7. The van der Waals surface area contributed by atoms with E-state index in [0.29, 0.717) is 19.1 Å². The first-order chi connectivity index (χ1) is 6.31. The van der Waals surface area contributed by atoms with Gasteiger partial charge in [-0.3, -0.25) is 4.79 Å². The Balaban J connectivity index is 1.84. The number of likely N-dealkylation sites (tertiary alicyclic amines) is 1. The maximum Gasteiger partial charge on any atom is 0.230 e. The Kier molecular flexibility index (Phi) is 2.51. The van der Waals surface area contributed by atoms with Crippen LogP contribution in [0.5, 0.6) is 0 Å². The standard InChI is InChI=1S/C9H15NO3/c11-4-7-1-2-10(3-7)9(12)8-5-13-6-8/h7-8,11H,1-6H2. The third-order valence-corrected chi connectivity index (χ3v) is 2.84. The summed E-state index contributed by atoms with van der Waals surface area (Å²) in [5.74, 6) is 0.601. The molecule has 0 aromatic rings. The quantitative estimate of drug-likeness (QED) is 0.629. The minimum Gasteiger partial charge on any atom is -0.396 e. The van der Waals surface area contributed by atoms with E-state index < -0.39 is 0 Å². The summed E-state index contributed by atoms with van der Waals surface area (Å²) in [6, 6.07) is 0. The molecule has 74 valence electrons. The molecule has 0 aliphatic carbocycles. The van der Waals surface area contributed by atoms with Gasteiger partial charge in [-0.1, -0.05) is 0 Å². The van der Waals surface area contributed by atoms with E-state index in [4.69, 9.17) is 9.84 Å². The molecule has 2 heterocycles. The van der Waals surface area contributed by atoms with Gasteiger partial charge in [-0.15, -0.1) is 0 Å². The van der Waals surface area contributed by atoms with Crippen molar-refractivity contribution in [3.8, 4) is 0 Å². The van der Waals surface area contributed by atoms with Crippen LogP contribution in [0.15, 0.2) is 0 Å². The number of hydrogen-bond acceptors (Lipinski definition) is 3. The summed E-state index contributed by atoms with van der Waals surface area (Å²) in [6.45, 7) is 2.90. The number of aliphatic hydroxyl groups is 1. The van der Waals surface area contributed by atoms with Crippen LogP contribution in [0, 0.1) is 11.8 Å². The summed E-state index contributed by atoms with van der Waals surface area (Å²) in [6.07, 6.45) is 0.940. The first-order valence-corrected chi connectivity index (χ1v) is 4.78. The number of amides is 1. The van der Waals surface area contributed by atoms with Crippen molar-refractivity contribution in [1.82, 2.24) is 4.90 Å². The molecule has 2 fully saturated rings. The highest BCUT2D eigenvalue weighted by atomic mass is 16.5. The van der Waals surface area contributed by atoms with Gasteiger partial charge in [-0.25, -0.2) is 0 Å². The van der Waals surface area contributed by atoms with Crippen LogP contribution in [-0.2, 0) is 9.53 Å². The van der Waals surface area contributed by atoms with Gasteiger partial charge in [-0.05, 0) is 6.42 Å². The van der Waals surface area contributed by atoms with E-state index in [1.807, 2.05) is 4.90 Å². The van der Waals surface area contributed by atoms with Crippen molar-refractivity contribution in [2.45, 2.75) is 6.42 Å². The Morgan fingerprint density at radius 2 is 2.31 bits per heavy atom. The number of ether oxygens (including phenoxy) is 1. The van der Waals surface area contributed by atoms with Crippen LogP contribution in [0.1, 0.15) is 6.42 Å². The van der Waals surface area contributed by atoms with E-state index >= 15 is 0 Å². The predicted molar refractivity (Wildman–Crippen MR) is 46.1 cm³/mol. The molecule has 0 saturated carbocycles. The third kappa shape index (κ3) is 1.69. The Labute approximate surface area is 77.5 Å². The zero-order valence-electron chi connectivity index (χ0n) is 7.61. The van der Waals surface area contributed by atoms with Gasteiger partial charge in [0.2, 0.25) is 5.91 Å². The van der Waals surface area contributed by atoms with Crippen molar-refractivity contribution in [2.24, 2.45) is 11.8 Å². The zero-order chi connectivity index (χ0) is 9.26. The lowest BCUT2D eigenvalue weighted by atomic mass is 10.1. The van der Waals surface area contributed by atoms with Crippen LogP contribution >= 0.6 is 0 Å². The zero-order valence-corrected chi connectivity index (χ0v) is 7.61. The number of aliphatic hydroxyl groups excluding tert-OH is 1. The van der Waals surface area contributed by atoms with Gasteiger partial charge >= 0.3 is 0 Å². The minimum atomic E-state index is 0.0949. The molecule has 2 saturated heterocycles. The van der Waals surface area contributed by atoms with Gasteiger partial charge < -0.3 is 14.7 Å². The molecule has 2 aliphatic rings. The number of rotatable bonds is 2. The van der Waals surface area contributed by atoms with E-state index in [1.165, 1.54) is 0 Å². The van der Waals surface area contributed by atoms with E-state index in [1.54, 1.807) is 0 Å². The fourth-order valence-corrected chi connectivity index (χ4v) is 1.82. The molecule has 13 heavy (non-hydrogen) atoms. The second kappa shape index (κ2) is 3.64. The Bertz CT molecular complexity index is 203. The molecule has 1 amide bonds. The van der Waals surface area contributed by atoms with Crippen LogP contribution in [0.4, 0.5) is 0 Å². The summed E-state index contributed by atoms with van der Waals surface area (Å²) < 4.78 is 4.97. The molecular weight excluding hydrogens is 170 g/mol. The molecule has 0 spiro atoms. The molecule has 1 unspecified atom stereocenters. The third-order valence-electron chi connectivity index (χ3n) is 2.84. The molecule has 1 atom stereocenters. The Morgan fingerprint density at radius 3 is 2.77 bits per heavy atom. The summed E-state index contributed by atoms with van der Waals surface area (Å²) in [5.41, 5.74) is 0. The lowest BCUT2D eigenvalue weighted by Crippen LogP contribution is -2.44. The first-order valence-electron chi connectivity index (χ1n) is 4.78. The maximum absolute atomic E-state index is 11.7. The minimum absolute atomic E-state index is 0.0949. The number of nitrogens with zero attached hydrogens (tertiary/aromatic N) is 1. The summed E-state index contributed by atoms with van der Waals surface area (Å²) in [5, 5.41) is 8.91. The Morgan fingerprint density at radius 1 is 1.54 bits per heavy atom. The van der Waals surface area contributed by atoms with E-state index in [2.05, 4.69) is 0 Å². The normalized spacial score (nSPS) is 29.0. The highest BCUT2D eigenvalue weighted by Gasteiger charge is 2.34. The van der Waals surface area contributed by atoms with Crippen molar-refractivity contribution in [3.05, 3.63) is 0 Å². The van der Waals surface area contributed by atoms with Gasteiger partial charge in [0, 0.05) is 25.6 Å². The molecule has 0 aromatic carbocycles. The van der Waals surface area contributed by atoms with E-state index in [-0.39, 0.29) is 18.4 Å². The van der Waals surface area contributed by atoms with Gasteiger partial charge in [0.25, 0.3) is 0 Å².